The van der Waals surface area contributed by atoms with Gasteiger partial charge in [-0.05, 0) is 6.42 Å². The number of rotatable bonds is 2. The third kappa shape index (κ3) is 1.89. The van der Waals surface area contributed by atoms with Crippen LogP contribution in [0.4, 0.5) is 0 Å². The van der Waals surface area contributed by atoms with E-state index in [1.807, 2.05) is 0 Å². The van der Waals surface area contributed by atoms with Crippen molar-refractivity contribution < 1.29 is 12.6 Å². The summed E-state index contributed by atoms with van der Waals surface area (Å²) in [4.78, 5) is 0. The summed E-state index contributed by atoms with van der Waals surface area (Å²) in [6.45, 7) is 3.93. The summed E-state index contributed by atoms with van der Waals surface area (Å²) in [6.07, 6.45) is 2.37. The maximum atomic E-state index is 10.4. The van der Waals surface area contributed by atoms with Gasteiger partial charge in [0.25, 0.3) is 0 Å². The van der Waals surface area contributed by atoms with Crippen LogP contribution in [-0.2, 0) is 19.7 Å². The van der Waals surface area contributed by atoms with Gasteiger partial charge in [-0.15, -0.1) is 6.58 Å². The lowest BCUT2D eigenvalue weighted by Gasteiger charge is -1.97. The molecule has 0 spiro atoms. The lowest BCUT2D eigenvalue weighted by molar-refractivity contribution is 0.243. The minimum Gasteiger partial charge on any atom is -0.266 e. The standard InChI is InChI=1S/C5H8O3S/c1-2-3-5-4-7-9(6)8-5/h2,5H,1,3-4H2. The fraction of sp³-hybridized carbons (Fsp3) is 0.600. The molecule has 3 nitrogen and oxygen atoms in total. The minimum absolute atomic E-state index is 0.0525. The van der Waals surface area contributed by atoms with Crippen molar-refractivity contribution in [3.8, 4) is 0 Å². The van der Waals surface area contributed by atoms with Crippen LogP contribution < -0.4 is 0 Å². The van der Waals surface area contributed by atoms with Crippen molar-refractivity contribution in [1.82, 2.24) is 0 Å². The first-order valence-electron chi connectivity index (χ1n) is 2.66. The second-order valence-electron chi connectivity index (χ2n) is 1.73. The Morgan fingerprint density at radius 1 is 1.89 bits per heavy atom. The Labute approximate surface area is 56.5 Å². The molecule has 0 amide bonds. The molecule has 9 heavy (non-hydrogen) atoms. The van der Waals surface area contributed by atoms with E-state index in [0.717, 1.165) is 0 Å². The summed E-state index contributed by atoms with van der Waals surface area (Å²) in [5.74, 6) is 0. The summed E-state index contributed by atoms with van der Waals surface area (Å²) in [7, 11) is 0. The molecule has 2 atom stereocenters. The van der Waals surface area contributed by atoms with Gasteiger partial charge in [-0.1, -0.05) is 6.08 Å². The van der Waals surface area contributed by atoms with E-state index in [-0.39, 0.29) is 6.10 Å². The van der Waals surface area contributed by atoms with E-state index in [2.05, 4.69) is 10.8 Å². The SMILES string of the molecule is C=CCC1COS(=O)O1. The summed E-state index contributed by atoms with van der Waals surface area (Å²) in [5.41, 5.74) is 0. The van der Waals surface area contributed by atoms with E-state index < -0.39 is 11.4 Å². The molecule has 1 aliphatic heterocycles. The van der Waals surface area contributed by atoms with E-state index in [1.165, 1.54) is 0 Å². The maximum Gasteiger partial charge on any atom is 0.305 e. The molecule has 1 saturated heterocycles. The Kier molecular flexibility index (Phi) is 2.38. The van der Waals surface area contributed by atoms with E-state index in [9.17, 15) is 4.21 Å². The van der Waals surface area contributed by atoms with E-state index in [1.54, 1.807) is 6.08 Å². The average Bonchev–Trinajstić information content (AvgIpc) is 2.17. The molecule has 0 aromatic carbocycles. The molecular formula is C5H8O3S. The highest BCUT2D eigenvalue weighted by Crippen LogP contribution is 2.11. The van der Waals surface area contributed by atoms with Crippen LogP contribution in [0.3, 0.4) is 0 Å². The van der Waals surface area contributed by atoms with Crippen LogP contribution in [0.2, 0.25) is 0 Å². The topological polar surface area (TPSA) is 35.5 Å². The van der Waals surface area contributed by atoms with Gasteiger partial charge >= 0.3 is 11.4 Å². The van der Waals surface area contributed by atoms with Gasteiger partial charge in [0.1, 0.15) is 6.10 Å². The van der Waals surface area contributed by atoms with Gasteiger partial charge in [-0.25, -0.2) is 0 Å². The molecule has 0 aromatic rings. The molecule has 1 aliphatic rings. The fourth-order valence-electron chi connectivity index (χ4n) is 0.591. The Balaban J connectivity index is 2.29. The van der Waals surface area contributed by atoms with Gasteiger partial charge in [-0.3, -0.25) is 8.37 Å². The number of hydrogen-bond acceptors (Lipinski definition) is 3. The highest BCUT2D eigenvalue weighted by Gasteiger charge is 2.21. The maximum absolute atomic E-state index is 10.4. The predicted molar refractivity (Wildman–Crippen MR) is 33.8 cm³/mol. The first-order valence-corrected chi connectivity index (χ1v) is 3.66. The van der Waals surface area contributed by atoms with Crippen molar-refractivity contribution in [2.45, 2.75) is 12.5 Å². The normalized spacial score (nSPS) is 34.7. The molecule has 2 unspecified atom stereocenters. The van der Waals surface area contributed by atoms with Crippen LogP contribution >= 0.6 is 0 Å². The third-order valence-electron chi connectivity index (χ3n) is 0.994. The molecule has 1 heterocycles. The molecule has 0 aromatic heterocycles. The fourth-order valence-corrected chi connectivity index (χ4v) is 1.27. The average molecular weight is 148 g/mol. The summed E-state index contributed by atoms with van der Waals surface area (Å²) < 4.78 is 19.8. The van der Waals surface area contributed by atoms with Gasteiger partial charge in [0.2, 0.25) is 0 Å². The van der Waals surface area contributed by atoms with Gasteiger partial charge in [0.05, 0.1) is 6.61 Å². The van der Waals surface area contributed by atoms with Crippen LogP contribution in [0.1, 0.15) is 6.42 Å². The summed E-state index contributed by atoms with van der Waals surface area (Å²) in [6, 6.07) is 0. The third-order valence-corrected chi connectivity index (χ3v) is 1.75. The van der Waals surface area contributed by atoms with Gasteiger partial charge in [0.15, 0.2) is 0 Å². The van der Waals surface area contributed by atoms with Crippen LogP contribution in [-0.4, -0.2) is 16.9 Å². The molecule has 1 fully saturated rings. The van der Waals surface area contributed by atoms with Crippen molar-refractivity contribution in [1.29, 1.82) is 0 Å². The van der Waals surface area contributed by atoms with Crippen molar-refractivity contribution in [3.05, 3.63) is 12.7 Å². The first-order chi connectivity index (χ1) is 4.33. The highest BCUT2D eigenvalue weighted by atomic mass is 32.2. The van der Waals surface area contributed by atoms with E-state index in [0.29, 0.717) is 13.0 Å². The second-order valence-corrected chi connectivity index (χ2v) is 2.57. The predicted octanol–water partition coefficient (Wildman–Crippen LogP) is 0.557. The molecule has 0 bridgehead atoms. The van der Waals surface area contributed by atoms with Gasteiger partial charge < -0.3 is 0 Å². The van der Waals surface area contributed by atoms with E-state index >= 15 is 0 Å². The van der Waals surface area contributed by atoms with Gasteiger partial charge in [0, 0.05) is 0 Å². The quantitative estimate of drug-likeness (QED) is 0.537. The van der Waals surface area contributed by atoms with Crippen molar-refractivity contribution >= 4 is 11.4 Å². The molecule has 1 rings (SSSR count). The van der Waals surface area contributed by atoms with Crippen LogP contribution in [0.15, 0.2) is 12.7 Å². The minimum atomic E-state index is -1.50. The number of hydrogen-bond donors (Lipinski definition) is 0. The molecule has 52 valence electrons. The lowest BCUT2D eigenvalue weighted by Crippen LogP contribution is -2.06. The second kappa shape index (κ2) is 3.10. The Morgan fingerprint density at radius 2 is 2.67 bits per heavy atom. The smallest absolute Gasteiger partial charge is 0.266 e. The molecule has 0 saturated carbocycles. The zero-order valence-corrected chi connectivity index (χ0v) is 5.73. The summed E-state index contributed by atoms with van der Waals surface area (Å²) >= 11 is -1.50. The Morgan fingerprint density at radius 3 is 3.11 bits per heavy atom. The van der Waals surface area contributed by atoms with E-state index in [4.69, 9.17) is 4.18 Å². The van der Waals surface area contributed by atoms with Crippen molar-refractivity contribution in [3.63, 3.8) is 0 Å². The molecular weight excluding hydrogens is 140 g/mol. The molecule has 0 radical (unpaired) electrons. The zero-order chi connectivity index (χ0) is 6.69. The van der Waals surface area contributed by atoms with Crippen LogP contribution in [0, 0.1) is 0 Å². The van der Waals surface area contributed by atoms with Crippen LogP contribution in [0.5, 0.6) is 0 Å². The lowest BCUT2D eigenvalue weighted by atomic mass is 10.3. The largest absolute Gasteiger partial charge is 0.305 e. The van der Waals surface area contributed by atoms with Gasteiger partial charge in [-0.2, -0.15) is 4.21 Å². The van der Waals surface area contributed by atoms with Crippen molar-refractivity contribution in [2.75, 3.05) is 6.61 Å². The van der Waals surface area contributed by atoms with Crippen LogP contribution in [0.25, 0.3) is 0 Å². The first kappa shape index (κ1) is 6.92. The summed E-state index contributed by atoms with van der Waals surface area (Å²) in [5, 5.41) is 0. The molecule has 4 heteroatoms. The zero-order valence-electron chi connectivity index (χ0n) is 4.91. The molecule has 0 N–H and O–H groups in total. The Hall–Kier alpha value is -0.190. The molecule has 0 aliphatic carbocycles. The Bertz CT molecular complexity index is 134. The monoisotopic (exact) mass is 148 g/mol. The van der Waals surface area contributed by atoms with Crippen molar-refractivity contribution in [2.24, 2.45) is 0 Å². The highest BCUT2D eigenvalue weighted by molar-refractivity contribution is 7.75.